The number of nitrogens with one attached hydrogen (secondary N) is 3. The summed E-state index contributed by atoms with van der Waals surface area (Å²) < 4.78 is 10.8. The molecule has 0 radical (unpaired) electrons. The number of hydrogen-bond acceptors (Lipinski definition) is 8. The first-order chi connectivity index (χ1) is 26.0. The third kappa shape index (κ3) is 9.17. The minimum atomic E-state index is -0.517. The molecule has 1 aromatic heterocycles. The van der Waals surface area contributed by atoms with Crippen molar-refractivity contribution in [3.05, 3.63) is 112 Å². The summed E-state index contributed by atoms with van der Waals surface area (Å²) in [6.45, 7) is 7.96. The second kappa shape index (κ2) is 15.6. The minimum absolute atomic E-state index is 0.0719. The van der Waals surface area contributed by atoms with Crippen LogP contribution in [0, 0.1) is 0 Å². The van der Waals surface area contributed by atoms with Crippen LogP contribution in [0.1, 0.15) is 83.0 Å². The fourth-order valence-corrected chi connectivity index (χ4v) is 6.70. The van der Waals surface area contributed by atoms with E-state index in [1.54, 1.807) is 30.3 Å². The van der Waals surface area contributed by atoms with Crippen LogP contribution in [0.2, 0.25) is 0 Å². The zero-order valence-electron chi connectivity index (χ0n) is 30.9. The van der Waals surface area contributed by atoms with Gasteiger partial charge in [0.05, 0.1) is 5.69 Å². The van der Waals surface area contributed by atoms with E-state index in [0.29, 0.717) is 35.7 Å². The molecular weight excluding hydrogens is 684 g/mol. The highest BCUT2D eigenvalue weighted by molar-refractivity contribution is 6.04. The second-order valence-corrected chi connectivity index (χ2v) is 15.1. The van der Waals surface area contributed by atoms with Gasteiger partial charge >= 0.3 is 6.09 Å². The summed E-state index contributed by atoms with van der Waals surface area (Å²) in [5.74, 6) is 0.909. The van der Waals surface area contributed by atoms with E-state index < -0.39 is 11.7 Å². The summed E-state index contributed by atoms with van der Waals surface area (Å²) in [6, 6.07) is 22.9. The molecule has 0 bridgehead atoms. The first kappa shape index (κ1) is 36.4. The van der Waals surface area contributed by atoms with E-state index in [0.717, 1.165) is 67.8 Å². The molecule has 7 rings (SSSR count). The number of pyridine rings is 1. The highest BCUT2D eigenvalue weighted by Crippen LogP contribution is 2.33. The summed E-state index contributed by atoms with van der Waals surface area (Å²) in [6.07, 6.45) is 5.77. The van der Waals surface area contributed by atoms with Gasteiger partial charge in [-0.3, -0.25) is 14.4 Å². The van der Waals surface area contributed by atoms with Crippen molar-refractivity contribution in [2.24, 2.45) is 0 Å². The monoisotopic (exact) mass is 730 g/mol. The van der Waals surface area contributed by atoms with Crippen LogP contribution in [-0.4, -0.2) is 65.0 Å². The van der Waals surface area contributed by atoms with Crippen molar-refractivity contribution in [3.63, 3.8) is 0 Å². The standard InChI is InChI=1S/C42H46N6O6/c1-42(2,3)54-41(52)44-18-4-5-27-16-19-43-37(21-27)47-20-17-30-22-33(12-10-32(30)25-47)45-39(50)29-8-6-28(7-9-29)24-48(34-13-14-34)40(51)31-11-15-35-36(23-31)53-26-38(49)46-35/h6-12,15-16,19,21-23,34H,4-5,13-14,17-18,20,24-26H2,1-3H3,(H,44,52)(H,45,50)(H,46,49). The van der Waals surface area contributed by atoms with Gasteiger partial charge in [0.2, 0.25) is 0 Å². The molecule has 1 fully saturated rings. The van der Waals surface area contributed by atoms with Crippen molar-refractivity contribution in [1.82, 2.24) is 15.2 Å². The van der Waals surface area contributed by atoms with Crippen molar-refractivity contribution in [2.75, 3.05) is 35.2 Å². The molecule has 1 aliphatic carbocycles. The summed E-state index contributed by atoms with van der Waals surface area (Å²) in [7, 11) is 0. The lowest BCUT2D eigenvalue weighted by atomic mass is 9.98. The van der Waals surface area contributed by atoms with Gasteiger partial charge in [-0.25, -0.2) is 9.78 Å². The number of benzene rings is 3. The first-order valence-corrected chi connectivity index (χ1v) is 18.5. The maximum Gasteiger partial charge on any atom is 0.407 e. The summed E-state index contributed by atoms with van der Waals surface area (Å²) in [4.78, 5) is 59.1. The number of fused-ring (bicyclic) bond motifs is 2. The van der Waals surface area contributed by atoms with Crippen molar-refractivity contribution >= 4 is 41.0 Å². The molecule has 3 aliphatic rings. The number of aromatic nitrogens is 1. The second-order valence-electron chi connectivity index (χ2n) is 15.1. The number of carbonyl (C=O) groups excluding carboxylic acids is 4. The number of anilines is 3. The fraction of sp³-hybridized carbons (Fsp3) is 0.357. The predicted molar refractivity (Wildman–Crippen MR) is 206 cm³/mol. The molecule has 12 nitrogen and oxygen atoms in total. The number of aryl methyl sites for hydroxylation is 1. The van der Waals surface area contributed by atoms with Gasteiger partial charge in [0.1, 0.15) is 17.2 Å². The van der Waals surface area contributed by atoms with E-state index in [1.165, 1.54) is 11.1 Å². The van der Waals surface area contributed by atoms with Crippen LogP contribution in [0.5, 0.6) is 5.75 Å². The van der Waals surface area contributed by atoms with Crippen molar-refractivity contribution in [2.45, 2.75) is 77.6 Å². The number of nitrogens with zero attached hydrogens (tertiary/aromatic N) is 3. The predicted octanol–water partition coefficient (Wildman–Crippen LogP) is 6.49. The number of hydrogen-bond donors (Lipinski definition) is 3. The summed E-state index contributed by atoms with van der Waals surface area (Å²) in [5, 5.41) is 8.63. The Bertz CT molecular complexity index is 2060. The highest BCUT2D eigenvalue weighted by atomic mass is 16.6. The SMILES string of the molecule is CC(C)(C)OC(=O)NCCCc1ccnc(N2CCc3cc(NC(=O)c4ccc(CN(C(=O)c5ccc6c(c5)OCC(=O)N6)C5CC5)cc4)ccc3C2)c1. The number of alkyl carbamates (subject to hydrolysis) is 1. The Morgan fingerprint density at radius 2 is 1.76 bits per heavy atom. The third-order valence-corrected chi connectivity index (χ3v) is 9.60. The van der Waals surface area contributed by atoms with Gasteiger partial charge in [0.25, 0.3) is 17.7 Å². The summed E-state index contributed by atoms with van der Waals surface area (Å²) >= 11 is 0. The van der Waals surface area contributed by atoms with Gasteiger partial charge in [-0.1, -0.05) is 18.2 Å². The maximum absolute atomic E-state index is 13.6. The molecule has 0 atom stereocenters. The van der Waals surface area contributed by atoms with Crippen LogP contribution < -0.4 is 25.6 Å². The smallest absolute Gasteiger partial charge is 0.407 e. The van der Waals surface area contributed by atoms with Gasteiger partial charge in [-0.15, -0.1) is 0 Å². The van der Waals surface area contributed by atoms with Crippen LogP contribution in [0.25, 0.3) is 0 Å². The highest BCUT2D eigenvalue weighted by Gasteiger charge is 2.34. The molecule has 0 unspecified atom stereocenters. The normalized spacial score (nSPS) is 14.9. The van der Waals surface area contributed by atoms with Gasteiger partial charge in [-0.05, 0) is 130 Å². The van der Waals surface area contributed by atoms with E-state index in [2.05, 4.69) is 44.0 Å². The van der Waals surface area contributed by atoms with Crippen LogP contribution in [0.4, 0.5) is 22.0 Å². The minimum Gasteiger partial charge on any atom is -0.482 e. The zero-order chi connectivity index (χ0) is 37.8. The van der Waals surface area contributed by atoms with Crippen LogP contribution in [0.3, 0.4) is 0 Å². The Balaban J connectivity index is 0.913. The lowest BCUT2D eigenvalue weighted by Crippen LogP contribution is -2.33. The lowest BCUT2D eigenvalue weighted by Gasteiger charge is -2.30. The van der Waals surface area contributed by atoms with Crippen molar-refractivity contribution < 1.29 is 28.7 Å². The molecule has 54 heavy (non-hydrogen) atoms. The molecule has 2 aliphatic heterocycles. The van der Waals surface area contributed by atoms with E-state index in [9.17, 15) is 19.2 Å². The average molecular weight is 731 g/mol. The Hall–Kier alpha value is -5.91. The number of carbonyl (C=O) groups is 4. The van der Waals surface area contributed by atoms with Gasteiger partial charge in [0.15, 0.2) is 6.61 Å². The maximum atomic E-state index is 13.6. The summed E-state index contributed by atoms with van der Waals surface area (Å²) in [5.41, 5.74) is 6.32. The Morgan fingerprint density at radius 1 is 0.963 bits per heavy atom. The molecule has 3 aromatic carbocycles. The van der Waals surface area contributed by atoms with Gasteiger partial charge in [0, 0.05) is 55.2 Å². The lowest BCUT2D eigenvalue weighted by molar-refractivity contribution is -0.118. The van der Waals surface area contributed by atoms with Crippen molar-refractivity contribution in [1.29, 1.82) is 0 Å². The quantitative estimate of drug-likeness (QED) is 0.149. The molecule has 0 saturated heterocycles. The third-order valence-electron chi connectivity index (χ3n) is 9.60. The molecule has 0 spiro atoms. The van der Waals surface area contributed by atoms with E-state index >= 15 is 0 Å². The molecule has 280 valence electrons. The zero-order valence-corrected chi connectivity index (χ0v) is 30.9. The molecular formula is C42H46N6O6. The molecule has 3 heterocycles. The Labute approximate surface area is 315 Å². The topological polar surface area (TPSA) is 142 Å². The van der Waals surface area contributed by atoms with E-state index in [4.69, 9.17) is 9.47 Å². The van der Waals surface area contributed by atoms with Crippen molar-refractivity contribution in [3.8, 4) is 5.75 Å². The number of ether oxygens (including phenoxy) is 2. The van der Waals surface area contributed by atoms with Crippen LogP contribution in [0.15, 0.2) is 79.0 Å². The Morgan fingerprint density at radius 3 is 2.54 bits per heavy atom. The fourth-order valence-electron chi connectivity index (χ4n) is 6.70. The van der Waals surface area contributed by atoms with Gasteiger partial charge in [-0.2, -0.15) is 0 Å². The number of amides is 4. The molecule has 1 saturated carbocycles. The molecule has 4 aromatic rings. The van der Waals surface area contributed by atoms with Crippen LogP contribution >= 0.6 is 0 Å². The average Bonchev–Trinajstić information content (AvgIpc) is 4.00. The molecule has 12 heteroatoms. The van der Waals surface area contributed by atoms with Gasteiger partial charge < -0.3 is 35.2 Å². The van der Waals surface area contributed by atoms with E-state index in [1.807, 2.05) is 56.1 Å². The van der Waals surface area contributed by atoms with E-state index in [-0.39, 0.29) is 30.4 Å². The van der Waals surface area contributed by atoms with Crippen LogP contribution in [-0.2, 0) is 35.5 Å². The first-order valence-electron chi connectivity index (χ1n) is 18.5. The Kier molecular flexibility index (Phi) is 10.5. The molecule has 4 amide bonds. The molecule has 3 N–H and O–H groups in total. The number of rotatable bonds is 11. The largest absolute Gasteiger partial charge is 0.482 e.